The molecule has 0 saturated heterocycles. The highest BCUT2D eigenvalue weighted by atomic mass is 19.2. The largest absolute Gasteiger partial charge is 0.473 e. The van der Waals surface area contributed by atoms with Gasteiger partial charge in [0.1, 0.15) is 5.75 Å². The normalized spacial score (nSPS) is 13.5. The summed E-state index contributed by atoms with van der Waals surface area (Å²) >= 11 is 0. The molecule has 0 bridgehead atoms. The first-order chi connectivity index (χ1) is 20.9. The summed E-state index contributed by atoms with van der Waals surface area (Å²) < 4.78 is 79.0. The SMILES string of the molecule is Fc1c(F)c(F)c(-c2cccc3cccc(-c4ccc5c(c4)C=CC(c4ccccc4)(c4ccccc4)O5)c23)c(F)c1F. The van der Waals surface area contributed by atoms with Crippen molar-refractivity contribution in [3.05, 3.63) is 167 Å². The van der Waals surface area contributed by atoms with Crippen LogP contribution in [-0.2, 0) is 5.60 Å². The molecule has 0 N–H and O–H groups in total. The molecule has 0 aliphatic carbocycles. The number of hydrogen-bond acceptors (Lipinski definition) is 1. The van der Waals surface area contributed by atoms with Crippen LogP contribution in [0.4, 0.5) is 22.0 Å². The summed E-state index contributed by atoms with van der Waals surface area (Å²) in [4.78, 5) is 0. The van der Waals surface area contributed by atoms with Gasteiger partial charge in [0, 0.05) is 16.7 Å². The molecule has 1 aliphatic rings. The fourth-order valence-electron chi connectivity index (χ4n) is 5.83. The maximum atomic E-state index is 15.0. The highest BCUT2D eigenvalue weighted by Crippen LogP contribution is 2.45. The summed E-state index contributed by atoms with van der Waals surface area (Å²) in [7, 11) is 0. The number of benzene rings is 6. The van der Waals surface area contributed by atoms with Crippen molar-refractivity contribution in [2.24, 2.45) is 0 Å². The molecule has 0 spiro atoms. The van der Waals surface area contributed by atoms with E-state index in [2.05, 4.69) is 0 Å². The van der Waals surface area contributed by atoms with E-state index in [4.69, 9.17) is 4.74 Å². The summed E-state index contributed by atoms with van der Waals surface area (Å²) in [6.45, 7) is 0. The summed E-state index contributed by atoms with van der Waals surface area (Å²) in [6.07, 6.45) is 3.96. The molecular formula is C37H21F5O. The quantitative estimate of drug-likeness (QED) is 0.115. The number of hydrogen-bond donors (Lipinski definition) is 0. The van der Waals surface area contributed by atoms with Gasteiger partial charge in [-0.05, 0) is 45.7 Å². The first-order valence-corrected chi connectivity index (χ1v) is 13.6. The van der Waals surface area contributed by atoms with Gasteiger partial charge in [-0.2, -0.15) is 0 Å². The Morgan fingerprint density at radius 2 is 1.07 bits per heavy atom. The van der Waals surface area contributed by atoms with E-state index in [1.54, 1.807) is 24.3 Å². The van der Waals surface area contributed by atoms with Gasteiger partial charge in [-0.3, -0.25) is 0 Å². The zero-order valence-corrected chi connectivity index (χ0v) is 22.4. The minimum absolute atomic E-state index is 0.0995. The van der Waals surface area contributed by atoms with Crippen LogP contribution >= 0.6 is 0 Å². The summed E-state index contributed by atoms with van der Waals surface area (Å²) in [6, 6.07) is 35.2. The highest BCUT2D eigenvalue weighted by Gasteiger charge is 2.37. The van der Waals surface area contributed by atoms with Crippen molar-refractivity contribution in [3.8, 4) is 28.0 Å². The van der Waals surface area contributed by atoms with Crippen LogP contribution in [0.2, 0.25) is 0 Å². The third-order valence-corrected chi connectivity index (χ3v) is 7.88. The average molecular weight is 577 g/mol. The van der Waals surface area contributed by atoms with Gasteiger partial charge in [0.25, 0.3) is 0 Å². The van der Waals surface area contributed by atoms with E-state index in [1.807, 2.05) is 91.0 Å². The molecule has 6 heteroatoms. The van der Waals surface area contributed by atoms with Crippen LogP contribution in [0.25, 0.3) is 39.1 Å². The minimum Gasteiger partial charge on any atom is -0.473 e. The lowest BCUT2D eigenvalue weighted by Crippen LogP contribution is -2.34. The van der Waals surface area contributed by atoms with Crippen LogP contribution in [0.1, 0.15) is 16.7 Å². The van der Waals surface area contributed by atoms with Crippen molar-refractivity contribution in [3.63, 3.8) is 0 Å². The minimum atomic E-state index is -2.19. The van der Waals surface area contributed by atoms with E-state index in [9.17, 15) is 22.0 Å². The van der Waals surface area contributed by atoms with Gasteiger partial charge < -0.3 is 4.74 Å². The van der Waals surface area contributed by atoms with Gasteiger partial charge in [-0.15, -0.1) is 0 Å². The highest BCUT2D eigenvalue weighted by molar-refractivity contribution is 6.06. The van der Waals surface area contributed by atoms with Crippen molar-refractivity contribution in [2.75, 3.05) is 0 Å². The van der Waals surface area contributed by atoms with Crippen molar-refractivity contribution in [2.45, 2.75) is 5.60 Å². The van der Waals surface area contributed by atoms with Crippen molar-refractivity contribution in [1.82, 2.24) is 0 Å². The molecule has 1 nitrogen and oxygen atoms in total. The first kappa shape index (κ1) is 26.7. The molecule has 0 atom stereocenters. The second-order valence-corrected chi connectivity index (χ2v) is 10.3. The Morgan fingerprint density at radius 1 is 0.512 bits per heavy atom. The first-order valence-electron chi connectivity index (χ1n) is 13.6. The molecule has 6 aromatic carbocycles. The van der Waals surface area contributed by atoms with Crippen LogP contribution in [0, 0.1) is 29.1 Å². The third kappa shape index (κ3) is 4.21. The molecule has 7 rings (SSSR count). The standard InChI is InChI=1S/C37H21F5O/c38-32-31(33(39)35(41)36(42)34(32)40)28-16-8-10-22-9-7-15-27(30(22)28)23-17-18-29-24(21-23)19-20-37(43-29,25-11-3-1-4-12-25)26-13-5-2-6-14-26/h1-21H. The molecule has 0 amide bonds. The second kappa shape index (κ2) is 10.2. The monoisotopic (exact) mass is 576 g/mol. The van der Waals surface area contributed by atoms with E-state index in [0.717, 1.165) is 16.7 Å². The van der Waals surface area contributed by atoms with Crippen molar-refractivity contribution >= 4 is 16.8 Å². The topological polar surface area (TPSA) is 9.23 Å². The predicted molar refractivity (Wildman–Crippen MR) is 158 cm³/mol. The molecule has 0 fully saturated rings. The second-order valence-electron chi connectivity index (χ2n) is 10.3. The van der Waals surface area contributed by atoms with E-state index >= 15 is 0 Å². The molecular weight excluding hydrogens is 555 g/mol. The van der Waals surface area contributed by atoms with Crippen LogP contribution in [0.15, 0.2) is 121 Å². The number of halogens is 5. The van der Waals surface area contributed by atoms with Gasteiger partial charge in [-0.25, -0.2) is 22.0 Å². The van der Waals surface area contributed by atoms with Gasteiger partial charge >= 0.3 is 0 Å². The Bertz CT molecular complexity index is 1980. The summed E-state index contributed by atoms with van der Waals surface area (Å²) in [5.41, 5.74) is 1.99. The predicted octanol–water partition coefficient (Wildman–Crippen LogP) is 10.2. The van der Waals surface area contributed by atoms with Gasteiger partial charge in [0.05, 0.1) is 5.56 Å². The Labute approximate surface area is 244 Å². The fourth-order valence-corrected chi connectivity index (χ4v) is 5.83. The maximum Gasteiger partial charge on any atom is 0.200 e. The lowest BCUT2D eigenvalue weighted by molar-refractivity contribution is 0.161. The smallest absolute Gasteiger partial charge is 0.200 e. The molecule has 0 saturated carbocycles. The molecule has 6 aromatic rings. The van der Waals surface area contributed by atoms with E-state index in [1.165, 1.54) is 12.1 Å². The Hall–Kier alpha value is -5.23. The summed E-state index contributed by atoms with van der Waals surface area (Å²) in [5.74, 6) is -9.29. The lowest BCUT2D eigenvalue weighted by atomic mass is 9.83. The van der Waals surface area contributed by atoms with Gasteiger partial charge in [-0.1, -0.05) is 109 Å². The van der Waals surface area contributed by atoms with Crippen LogP contribution in [-0.4, -0.2) is 0 Å². The number of ether oxygens (including phenoxy) is 1. The Kier molecular flexibility index (Phi) is 6.35. The molecule has 210 valence electrons. The zero-order valence-electron chi connectivity index (χ0n) is 22.4. The number of rotatable bonds is 4. The van der Waals surface area contributed by atoms with Crippen LogP contribution in [0.3, 0.4) is 0 Å². The zero-order chi connectivity index (χ0) is 29.7. The third-order valence-electron chi connectivity index (χ3n) is 7.88. The average Bonchev–Trinajstić information content (AvgIpc) is 3.06. The molecule has 1 aliphatic heterocycles. The van der Waals surface area contributed by atoms with Crippen molar-refractivity contribution < 1.29 is 26.7 Å². The molecule has 1 heterocycles. The number of fused-ring (bicyclic) bond motifs is 2. The van der Waals surface area contributed by atoms with Crippen LogP contribution < -0.4 is 4.74 Å². The summed E-state index contributed by atoms with van der Waals surface area (Å²) in [5, 5.41) is 0.937. The van der Waals surface area contributed by atoms with Gasteiger partial charge in [0.15, 0.2) is 28.9 Å². The van der Waals surface area contributed by atoms with Gasteiger partial charge in [0.2, 0.25) is 5.82 Å². The van der Waals surface area contributed by atoms with Crippen LogP contribution in [0.5, 0.6) is 5.75 Å². The molecule has 0 aromatic heterocycles. The molecule has 43 heavy (non-hydrogen) atoms. The lowest BCUT2D eigenvalue weighted by Gasteiger charge is -2.36. The Balaban J connectivity index is 1.39. The van der Waals surface area contributed by atoms with E-state index in [-0.39, 0.29) is 5.56 Å². The Morgan fingerprint density at radius 3 is 1.67 bits per heavy atom. The maximum absolute atomic E-state index is 15.0. The van der Waals surface area contributed by atoms with Crippen molar-refractivity contribution in [1.29, 1.82) is 0 Å². The molecule has 0 unspecified atom stereocenters. The molecule has 0 radical (unpaired) electrons. The van der Waals surface area contributed by atoms with E-state index in [0.29, 0.717) is 27.6 Å². The fraction of sp³-hybridized carbons (Fsp3) is 0.0270. The van der Waals surface area contributed by atoms with E-state index < -0.39 is 40.3 Å².